The zero-order valence-electron chi connectivity index (χ0n) is 14.2. The summed E-state index contributed by atoms with van der Waals surface area (Å²) in [5.41, 5.74) is 1.36. The first-order chi connectivity index (χ1) is 12.6. The minimum absolute atomic E-state index is 0.160. The molecule has 0 unspecified atom stereocenters. The molecule has 0 aromatic carbocycles. The van der Waals surface area contributed by atoms with Gasteiger partial charge in [0, 0.05) is 10.3 Å². The minimum Gasteiger partial charge on any atom is -0.291 e. The third-order valence-corrected chi connectivity index (χ3v) is 7.26. The lowest BCUT2D eigenvalue weighted by molar-refractivity contribution is -0.117. The maximum absolute atomic E-state index is 12.2. The van der Waals surface area contributed by atoms with Crippen molar-refractivity contribution in [3.63, 3.8) is 0 Å². The molecule has 0 radical (unpaired) electrons. The molecule has 0 fully saturated rings. The van der Waals surface area contributed by atoms with Crippen molar-refractivity contribution in [3.8, 4) is 0 Å². The van der Waals surface area contributed by atoms with E-state index in [1.165, 1.54) is 46.4 Å². The number of rotatable bonds is 4. The Morgan fingerprint density at radius 2 is 2.12 bits per heavy atom. The van der Waals surface area contributed by atoms with Gasteiger partial charge in [0.05, 0.1) is 10.6 Å². The molecule has 3 aromatic rings. The van der Waals surface area contributed by atoms with E-state index in [1.54, 1.807) is 23.5 Å². The van der Waals surface area contributed by atoms with Crippen molar-refractivity contribution >= 4 is 56.5 Å². The molecule has 26 heavy (non-hydrogen) atoms. The number of aryl methyl sites for hydroxylation is 3. The Hall–Kier alpha value is -1.77. The maximum atomic E-state index is 12.2. The van der Waals surface area contributed by atoms with Gasteiger partial charge in [0.2, 0.25) is 5.91 Å². The Morgan fingerprint density at radius 3 is 2.92 bits per heavy atom. The summed E-state index contributed by atoms with van der Waals surface area (Å²) in [5.74, 6) is 0.228. The molecule has 0 atom stereocenters. The molecule has 0 bridgehead atoms. The van der Waals surface area contributed by atoms with Crippen LogP contribution in [0.1, 0.15) is 38.8 Å². The first-order valence-corrected chi connectivity index (χ1v) is 11.1. The molecule has 0 saturated heterocycles. The Morgan fingerprint density at radius 1 is 1.27 bits per heavy atom. The highest BCUT2D eigenvalue weighted by molar-refractivity contribution is 8.00. The van der Waals surface area contributed by atoms with Crippen LogP contribution in [0.25, 0.3) is 10.2 Å². The molecule has 1 aliphatic rings. The topological polar surface area (TPSA) is 72.0 Å². The van der Waals surface area contributed by atoms with Crippen LogP contribution in [-0.4, -0.2) is 27.5 Å². The third kappa shape index (κ3) is 3.54. The maximum Gasteiger partial charge on any atom is 0.267 e. The molecule has 0 aliphatic heterocycles. The van der Waals surface area contributed by atoms with Gasteiger partial charge in [-0.1, -0.05) is 17.8 Å². The van der Waals surface area contributed by atoms with Crippen molar-refractivity contribution in [2.45, 2.75) is 37.6 Å². The van der Waals surface area contributed by atoms with Gasteiger partial charge in [0.15, 0.2) is 0 Å². The molecule has 3 aromatic heterocycles. The van der Waals surface area contributed by atoms with Crippen molar-refractivity contribution in [1.29, 1.82) is 0 Å². The zero-order valence-corrected chi connectivity index (χ0v) is 16.7. The van der Waals surface area contributed by atoms with Gasteiger partial charge >= 0.3 is 0 Å². The number of carbonyl (C=O) groups excluding carboxylic acids is 2. The van der Waals surface area contributed by atoms with Crippen molar-refractivity contribution in [2.75, 3.05) is 5.75 Å². The predicted molar refractivity (Wildman–Crippen MR) is 106 cm³/mol. The van der Waals surface area contributed by atoms with Gasteiger partial charge in [-0.2, -0.15) is 0 Å². The van der Waals surface area contributed by atoms with Crippen molar-refractivity contribution < 1.29 is 9.59 Å². The number of thiophene rings is 2. The smallest absolute Gasteiger partial charge is 0.267 e. The van der Waals surface area contributed by atoms with E-state index >= 15 is 0 Å². The van der Waals surface area contributed by atoms with E-state index in [-0.39, 0.29) is 17.6 Å². The van der Waals surface area contributed by atoms with Gasteiger partial charge in [0.25, 0.3) is 5.91 Å². The van der Waals surface area contributed by atoms with Gasteiger partial charge in [-0.15, -0.1) is 22.7 Å². The fraction of sp³-hybridized carbons (Fsp3) is 0.333. The molecule has 0 saturated carbocycles. The van der Waals surface area contributed by atoms with Gasteiger partial charge in [-0.05, 0) is 49.6 Å². The number of hydrogen-bond donors (Lipinski definition) is 1. The molecule has 134 valence electrons. The van der Waals surface area contributed by atoms with Crippen LogP contribution in [0.3, 0.4) is 0 Å². The van der Waals surface area contributed by atoms with Gasteiger partial charge < -0.3 is 0 Å². The van der Waals surface area contributed by atoms with Crippen LogP contribution in [0.5, 0.6) is 0 Å². The summed E-state index contributed by atoms with van der Waals surface area (Å²) in [5, 5.41) is 6.22. The summed E-state index contributed by atoms with van der Waals surface area (Å²) in [6, 6.07) is 3.49. The monoisotopic (exact) mass is 403 g/mol. The fourth-order valence-corrected chi connectivity index (χ4v) is 5.99. The fourth-order valence-electron chi connectivity index (χ4n) is 3.10. The Bertz CT molecular complexity index is 979. The number of imide groups is 1. The van der Waals surface area contributed by atoms with Crippen LogP contribution in [0.15, 0.2) is 22.5 Å². The molecule has 4 rings (SSSR count). The Labute approximate surface area is 163 Å². The average molecular weight is 404 g/mol. The third-order valence-electron chi connectivity index (χ3n) is 4.23. The van der Waals surface area contributed by atoms with Crippen LogP contribution in [-0.2, 0) is 17.6 Å². The quantitative estimate of drug-likeness (QED) is 0.527. The highest BCUT2D eigenvalue weighted by Gasteiger charge is 2.21. The summed E-state index contributed by atoms with van der Waals surface area (Å²) in [4.78, 5) is 36.3. The molecule has 8 heteroatoms. The molecule has 3 heterocycles. The first kappa shape index (κ1) is 17.6. The van der Waals surface area contributed by atoms with Crippen LogP contribution in [0, 0.1) is 6.92 Å². The van der Waals surface area contributed by atoms with Crippen LogP contribution in [0.2, 0.25) is 0 Å². The van der Waals surface area contributed by atoms with E-state index in [0.717, 1.165) is 28.1 Å². The van der Waals surface area contributed by atoms with E-state index in [0.29, 0.717) is 10.7 Å². The summed E-state index contributed by atoms with van der Waals surface area (Å²) in [6.45, 7) is 1.88. The van der Waals surface area contributed by atoms with Crippen molar-refractivity contribution in [1.82, 2.24) is 15.3 Å². The lowest BCUT2D eigenvalue weighted by Gasteiger charge is -2.11. The number of nitrogens with zero attached hydrogens (tertiary/aromatic N) is 2. The molecule has 0 spiro atoms. The predicted octanol–water partition coefficient (Wildman–Crippen LogP) is 3.99. The highest BCUT2D eigenvalue weighted by atomic mass is 32.2. The molecule has 5 nitrogen and oxygen atoms in total. The van der Waals surface area contributed by atoms with Gasteiger partial charge in [0.1, 0.15) is 15.7 Å². The van der Waals surface area contributed by atoms with Crippen LogP contribution < -0.4 is 5.32 Å². The number of thioether (sulfide) groups is 1. The summed E-state index contributed by atoms with van der Waals surface area (Å²) >= 11 is 4.45. The SMILES string of the molecule is Cc1nc(SCC(=O)NC(=O)c2cccs2)c2c3c(sc2n1)CCCC3. The number of aromatic nitrogens is 2. The van der Waals surface area contributed by atoms with Crippen LogP contribution >= 0.6 is 34.4 Å². The number of carbonyl (C=O) groups is 2. The lowest BCUT2D eigenvalue weighted by Crippen LogP contribution is -2.31. The minimum atomic E-state index is -0.345. The number of fused-ring (bicyclic) bond motifs is 3. The van der Waals surface area contributed by atoms with Crippen molar-refractivity contribution in [2.24, 2.45) is 0 Å². The molecule has 1 aliphatic carbocycles. The second-order valence-electron chi connectivity index (χ2n) is 6.11. The first-order valence-electron chi connectivity index (χ1n) is 8.41. The highest BCUT2D eigenvalue weighted by Crippen LogP contribution is 2.39. The zero-order chi connectivity index (χ0) is 18.1. The molecule has 1 N–H and O–H groups in total. The normalized spacial score (nSPS) is 13.6. The van der Waals surface area contributed by atoms with E-state index < -0.39 is 0 Å². The van der Waals surface area contributed by atoms with Gasteiger partial charge in [-0.3, -0.25) is 14.9 Å². The summed E-state index contributed by atoms with van der Waals surface area (Å²) in [7, 11) is 0. The van der Waals surface area contributed by atoms with Crippen LogP contribution in [0.4, 0.5) is 0 Å². The van der Waals surface area contributed by atoms with Crippen molar-refractivity contribution in [3.05, 3.63) is 38.7 Å². The average Bonchev–Trinajstić information content (AvgIpc) is 3.26. The summed E-state index contributed by atoms with van der Waals surface area (Å²) < 4.78 is 0. The Kier molecular flexibility index (Phi) is 5.06. The number of amides is 2. The Balaban J connectivity index is 1.52. The van der Waals surface area contributed by atoms with E-state index in [9.17, 15) is 9.59 Å². The molecular formula is C18H17N3O2S3. The number of nitrogens with one attached hydrogen (secondary N) is 1. The van der Waals surface area contributed by atoms with Gasteiger partial charge in [-0.25, -0.2) is 9.97 Å². The largest absolute Gasteiger partial charge is 0.291 e. The molecular weight excluding hydrogens is 386 g/mol. The van der Waals surface area contributed by atoms with E-state index in [1.807, 2.05) is 12.3 Å². The standard InChI is InChI=1S/C18H17N3O2S3/c1-10-19-17(15-11-5-2-3-6-12(11)26-18(15)20-10)25-9-14(22)21-16(23)13-7-4-8-24-13/h4,7-8H,2-3,5-6,9H2,1H3,(H,21,22,23). The summed E-state index contributed by atoms with van der Waals surface area (Å²) in [6.07, 6.45) is 4.57. The lowest BCUT2D eigenvalue weighted by atomic mass is 9.97. The molecule has 2 amide bonds. The van der Waals surface area contributed by atoms with E-state index in [4.69, 9.17) is 0 Å². The number of hydrogen-bond acceptors (Lipinski definition) is 7. The second kappa shape index (κ2) is 7.46. The second-order valence-corrected chi connectivity index (χ2v) is 9.11. The van der Waals surface area contributed by atoms with E-state index in [2.05, 4.69) is 15.3 Å².